The topological polar surface area (TPSA) is 41.6 Å². The Balaban J connectivity index is 1.57. The van der Waals surface area contributed by atoms with Crippen LogP contribution in [0.25, 0.3) is 12.7 Å². The van der Waals surface area contributed by atoms with Gasteiger partial charge in [-0.05, 0) is 41.0 Å². The number of nitrogens with one attached hydrogen (secondary N) is 1. The average Bonchev–Trinajstić information content (AvgIpc) is 2.97. The number of hydrogen-bond donors (Lipinski definition) is 1. The van der Waals surface area contributed by atoms with E-state index in [0.717, 1.165) is 47.7 Å². The first kappa shape index (κ1) is 19.9. The van der Waals surface area contributed by atoms with Crippen LogP contribution in [0, 0.1) is 0 Å². The van der Waals surface area contributed by atoms with Gasteiger partial charge < -0.3 is 15.0 Å². The first-order chi connectivity index (χ1) is 14.9. The Morgan fingerprint density at radius 2 is 2.10 bits per heavy atom. The highest BCUT2D eigenvalue weighted by molar-refractivity contribution is 5.80. The lowest BCUT2D eigenvalue weighted by atomic mass is 9.79. The summed E-state index contributed by atoms with van der Waals surface area (Å²) in [6.07, 6.45) is 4.71. The summed E-state index contributed by atoms with van der Waals surface area (Å²) >= 11 is 0. The molecule has 1 unspecified atom stereocenters. The van der Waals surface area contributed by atoms with E-state index in [0.29, 0.717) is 6.42 Å². The van der Waals surface area contributed by atoms with Crippen molar-refractivity contribution in [2.75, 3.05) is 18.0 Å². The quantitative estimate of drug-likeness (QED) is 0.836. The maximum atomic E-state index is 12.3. The third-order valence-electron chi connectivity index (χ3n) is 6.72. The Kier molecular flexibility index (Phi) is 4.69. The van der Waals surface area contributed by atoms with E-state index < -0.39 is 0 Å². The van der Waals surface area contributed by atoms with Gasteiger partial charge in [-0.1, -0.05) is 51.6 Å². The van der Waals surface area contributed by atoms with Crippen molar-refractivity contribution in [3.8, 4) is 5.75 Å². The predicted octanol–water partition coefficient (Wildman–Crippen LogP) is 3.16. The minimum absolute atomic E-state index is 0.0772. The van der Waals surface area contributed by atoms with Gasteiger partial charge in [0.15, 0.2) is 0 Å². The van der Waals surface area contributed by atoms with E-state index in [1.807, 2.05) is 12.1 Å². The van der Waals surface area contributed by atoms with Crippen LogP contribution >= 0.6 is 0 Å². The normalized spacial score (nSPS) is 20.1. The molecule has 0 aromatic heterocycles. The molecule has 0 spiro atoms. The zero-order valence-electron chi connectivity index (χ0n) is 18.6. The van der Waals surface area contributed by atoms with Crippen LogP contribution in [0.5, 0.6) is 5.75 Å². The molecule has 0 saturated heterocycles. The minimum atomic E-state index is -0.150. The molecular weight excluding hydrogens is 384 g/mol. The molecule has 0 bridgehead atoms. The highest BCUT2D eigenvalue weighted by atomic mass is 16.5. The number of fused-ring (bicyclic) bond motifs is 5. The van der Waals surface area contributed by atoms with Crippen molar-refractivity contribution in [1.82, 2.24) is 5.32 Å². The lowest BCUT2D eigenvalue weighted by Gasteiger charge is -2.38. The SMILES string of the molecule is C=c1ccc2c(c1)OC1CCN3C(=C1C=2)C(C)(C)c1cc(CC(=O)NCCC)ccc13. The molecule has 1 amide bonds. The number of anilines is 1. The van der Waals surface area contributed by atoms with Crippen molar-refractivity contribution in [2.24, 2.45) is 0 Å². The first-order valence-electron chi connectivity index (χ1n) is 11.3. The van der Waals surface area contributed by atoms with Gasteiger partial charge in [0.05, 0.1) is 6.42 Å². The molecule has 4 heteroatoms. The van der Waals surface area contributed by atoms with Gasteiger partial charge in [-0.2, -0.15) is 0 Å². The highest BCUT2D eigenvalue weighted by Crippen LogP contribution is 2.52. The lowest BCUT2D eigenvalue weighted by molar-refractivity contribution is -0.120. The maximum Gasteiger partial charge on any atom is 0.224 e. The second-order valence-electron chi connectivity index (χ2n) is 9.37. The van der Waals surface area contributed by atoms with Crippen molar-refractivity contribution in [1.29, 1.82) is 0 Å². The van der Waals surface area contributed by atoms with Gasteiger partial charge in [0.1, 0.15) is 11.9 Å². The van der Waals surface area contributed by atoms with Crippen LogP contribution in [0.1, 0.15) is 44.7 Å². The molecule has 0 saturated carbocycles. The van der Waals surface area contributed by atoms with E-state index in [2.05, 4.69) is 67.9 Å². The van der Waals surface area contributed by atoms with Crippen LogP contribution in [-0.4, -0.2) is 25.1 Å². The molecule has 31 heavy (non-hydrogen) atoms. The van der Waals surface area contributed by atoms with E-state index in [1.54, 1.807) is 0 Å². The average molecular weight is 415 g/mol. The van der Waals surface area contributed by atoms with E-state index in [1.165, 1.54) is 22.5 Å². The fraction of sp³-hybridized carbons (Fsp3) is 0.370. The standard InChI is InChI=1S/C27H30N2O2/c1-5-11-28-25(30)15-18-7-9-22-21(14-18)27(3,4)26-20-16-19-8-6-17(2)13-24(19)31-23(20)10-12-29(22)26/h6-9,13-14,16,23H,2,5,10-12,15H2,1,3-4H3,(H,28,30). The fourth-order valence-corrected chi connectivity index (χ4v) is 5.23. The number of hydrogen-bond acceptors (Lipinski definition) is 3. The second-order valence-corrected chi connectivity index (χ2v) is 9.37. The predicted molar refractivity (Wildman–Crippen MR) is 126 cm³/mol. The third-order valence-corrected chi connectivity index (χ3v) is 6.72. The molecule has 1 atom stereocenters. The number of ether oxygens (including phenoxy) is 1. The zero-order valence-corrected chi connectivity index (χ0v) is 18.6. The Labute approximate surface area is 183 Å². The summed E-state index contributed by atoms with van der Waals surface area (Å²) in [7, 11) is 0. The third kappa shape index (κ3) is 3.25. The number of allylic oxidation sites excluding steroid dienone is 1. The van der Waals surface area contributed by atoms with Gasteiger partial charge in [0.25, 0.3) is 0 Å². The van der Waals surface area contributed by atoms with Crippen molar-refractivity contribution >= 4 is 24.2 Å². The van der Waals surface area contributed by atoms with Crippen LogP contribution in [0.3, 0.4) is 0 Å². The first-order valence-corrected chi connectivity index (χ1v) is 11.3. The molecule has 3 aliphatic rings. The molecule has 0 aliphatic carbocycles. The van der Waals surface area contributed by atoms with Crippen LogP contribution in [0.2, 0.25) is 0 Å². The second kappa shape index (κ2) is 7.30. The fourth-order valence-electron chi connectivity index (χ4n) is 5.23. The highest BCUT2D eigenvalue weighted by Gasteiger charge is 2.46. The van der Waals surface area contributed by atoms with Crippen LogP contribution < -0.4 is 25.4 Å². The Morgan fingerprint density at radius 3 is 2.90 bits per heavy atom. The largest absolute Gasteiger partial charge is 0.485 e. The molecule has 2 aromatic rings. The number of benzene rings is 2. The van der Waals surface area contributed by atoms with Crippen LogP contribution in [-0.2, 0) is 16.6 Å². The van der Waals surface area contributed by atoms with Gasteiger partial charge in [0.2, 0.25) is 5.91 Å². The van der Waals surface area contributed by atoms with Gasteiger partial charge in [-0.3, -0.25) is 4.79 Å². The van der Waals surface area contributed by atoms with Crippen molar-refractivity contribution in [2.45, 2.75) is 51.6 Å². The minimum Gasteiger partial charge on any atom is -0.485 e. The number of nitrogens with zero attached hydrogens (tertiary/aromatic N) is 1. The number of rotatable bonds is 4. The molecule has 0 fully saturated rings. The number of carbonyl (C=O) groups excluding carboxylic acids is 1. The molecular formula is C27H30N2O2. The number of amides is 1. The van der Waals surface area contributed by atoms with Gasteiger partial charge >= 0.3 is 0 Å². The molecule has 5 rings (SSSR count). The molecule has 4 nitrogen and oxygen atoms in total. The summed E-state index contributed by atoms with van der Waals surface area (Å²) in [6.45, 7) is 12.4. The molecule has 3 aliphatic heterocycles. The summed E-state index contributed by atoms with van der Waals surface area (Å²) in [6, 6.07) is 12.7. The van der Waals surface area contributed by atoms with Crippen LogP contribution in [0.4, 0.5) is 5.69 Å². The molecule has 2 aromatic carbocycles. The summed E-state index contributed by atoms with van der Waals surface area (Å²) in [5.74, 6) is 1.02. The van der Waals surface area contributed by atoms with Crippen molar-refractivity contribution < 1.29 is 9.53 Å². The Bertz CT molecular complexity index is 1210. The molecule has 1 N–H and O–H groups in total. The van der Waals surface area contributed by atoms with Crippen molar-refractivity contribution in [3.05, 3.63) is 69.2 Å². The summed E-state index contributed by atoms with van der Waals surface area (Å²) in [4.78, 5) is 14.7. The van der Waals surface area contributed by atoms with E-state index in [9.17, 15) is 4.79 Å². The Hall–Kier alpha value is -3.01. The van der Waals surface area contributed by atoms with Gasteiger partial charge in [-0.25, -0.2) is 0 Å². The van der Waals surface area contributed by atoms with Crippen LogP contribution in [0.15, 0.2) is 47.7 Å². The summed E-state index contributed by atoms with van der Waals surface area (Å²) in [5, 5.41) is 5.08. The summed E-state index contributed by atoms with van der Waals surface area (Å²) in [5.41, 5.74) is 6.08. The van der Waals surface area contributed by atoms with E-state index in [-0.39, 0.29) is 17.4 Å². The van der Waals surface area contributed by atoms with Gasteiger partial charge in [-0.15, -0.1) is 0 Å². The molecule has 160 valence electrons. The van der Waals surface area contributed by atoms with E-state index >= 15 is 0 Å². The molecule has 0 radical (unpaired) electrons. The van der Waals surface area contributed by atoms with Gasteiger partial charge in [0, 0.05) is 47.1 Å². The monoisotopic (exact) mass is 414 g/mol. The van der Waals surface area contributed by atoms with Crippen molar-refractivity contribution in [3.63, 3.8) is 0 Å². The lowest BCUT2D eigenvalue weighted by Crippen LogP contribution is -2.41. The Morgan fingerprint density at radius 1 is 1.26 bits per heavy atom. The zero-order chi connectivity index (χ0) is 21.8. The van der Waals surface area contributed by atoms with E-state index in [4.69, 9.17) is 4.74 Å². The smallest absolute Gasteiger partial charge is 0.224 e. The maximum absolute atomic E-state index is 12.3. The summed E-state index contributed by atoms with van der Waals surface area (Å²) < 4.78 is 6.42. The number of carbonyl (C=O) groups is 1. The molecule has 3 heterocycles.